The number of aliphatic hydroxyl groups is 1. The standard InChI is InChI=1S/C27H31ClN2O5S/c1-26-12-5-8-17-35-25(34)21(26)20-23(32)30(14-6-2-7-16-31)22-24(33)29(15-9-13-27(20,22)36-26)19-11-4-3-10-18(19)28/h3-5,9-13,20-22,31H,2,6-8,14-17H2,1H3/t20-,21-,22?,26+,27-/m0/s1. The Hall–Kier alpha value is -2.29. The lowest BCUT2D eigenvalue weighted by Gasteiger charge is -2.37. The fraction of sp³-hybridized carbons (Fsp3) is 0.519. The first kappa shape index (κ1) is 25.4. The topological polar surface area (TPSA) is 87.1 Å². The number of likely N-dealkylation sites (tertiary alicyclic amines) is 1. The van der Waals surface area contributed by atoms with E-state index in [0.29, 0.717) is 43.1 Å². The Morgan fingerprint density at radius 3 is 2.67 bits per heavy atom. The van der Waals surface area contributed by atoms with Crippen LogP contribution >= 0.6 is 23.4 Å². The molecule has 1 unspecified atom stereocenters. The third-order valence-corrected chi connectivity index (χ3v) is 9.84. The van der Waals surface area contributed by atoms with E-state index in [-0.39, 0.29) is 31.0 Å². The minimum atomic E-state index is -0.908. The van der Waals surface area contributed by atoms with Crippen molar-refractivity contribution in [1.82, 2.24) is 4.90 Å². The lowest BCUT2D eigenvalue weighted by Crippen LogP contribution is -2.53. The molecule has 0 saturated carbocycles. The molecule has 2 amide bonds. The lowest BCUT2D eigenvalue weighted by atomic mass is 9.74. The highest BCUT2D eigenvalue weighted by Crippen LogP contribution is 2.65. The van der Waals surface area contributed by atoms with Gasteiger partial charge in [-0.1, -0.05) is 48.0 Å². The number of amides is 2. The number of aliphatic hydroxyl groups excluding tert-OH is 1. The maximum absolute atomic E-state index is 14.3. The average molecular weight is 531 g/mol. The molecule has 4 heterocycles. The fourth-order valence-electron chi connectivity index (χ4n) is 6.19. The maximum Gasteiger partial charge on any atom is 0.311 e. The summed E-state index contributed by atoms with van der Waals surface area (Å²) in [4.78, 5) is 45.1. The average Bonchev–Trinajstić information content (AvgIpc) is 3.16. The summed E-state index contributed by atoms with van der Waals surface area (Å²) in [5.74, 6) is -2.17. The van der Waals surface area contributed by atoms with Gasteiger partial charge in [0.25, 0.3) is 5.91 Å². The summed E-state index contributed by atoms with van der Waals surface area (Å²) in [6, 6.07) is 6.43. The molecule has 0 radical (unpaired) electrons. The van der Waals surface area contributed by atoms with E-state index in [2.05, 4.69) is 0 Å². The Morgan fingerprint density at radius 2 is 1.89 bits per heavy atom. The maximum atomic E-state index is 14.3. The molecule has 192 valence electrons. The Labute approximate surface area is 220 Å². The zero-order valence-electron chi connectivity index (χ0n) is 20.3. The molecule has 1 aromatic rings. The molecular formula is C27H31ClN2O5S. The van der Waals surface area contributed by atoms with Gasteiger partial charge in [-0.05, 0) is 44.7 Å². The number of benzene rings is 1. The van der Waals surface area contributed by atoms with Gasteiger partial charge in [0.15, 0.2) is 0 Å². The van der Waals surface area contributed by atoms with Gasteiger partial charge in [-0.25, -0.2) is 0 Å². The van der Waals surface area contributed by atoms with Gasteiger partial charge in [0.1, 0.15) is 6.04 Å². The van der Waals surface area contributed by atoms with Crippen LogP contribution in [0.25, 0.3) is 0 Å². The Balaban J connectivity index is 1.61. The van der Waals surface area contributed by atoms with Crippen molar-refractivity contribution in [2.45, 2.75) is 48.1 Å². The Kier molecular flexibility index (Phi) is 6.96. The second-order valence-electron chi connectivity index (χ2n) is 9.97. The van der Waals surface area contributed by atoms with Crippen molar-refractivity contribution in [3.05, 3.63) is 53.6 Å². The first-order valence-corrected chi connectivity index (χ1v) is 13.7. The third kappa shape index (κ3) is 3.98. The molecule has 0 aromatic heterocycles. The third-order valence-electron chi connectivity index (χ3n) is 7.72. The number of anilines is 1. The molecule has 0 aliphatic carbocycles. The Bertz CT molecular complexity index is 1130. The number of cyclic esters (lactones) is 1. The van der Waals surface area contributed by atoms with Gasteiger partial charge < -0.3 is 19.6 Å². The molecule has 1 spiro atoms. The van der Waals surface area contributed by atoms with E-state index in [9.17, 15) is 19.5 Å². The van der Waals surface area contributed by atoms with E-state index in [0.717, 1.165) is 6.42 Å². The lowest BCUT2D eigenvalue weighted by molar-refractivity contribution is -0.154. The van der Waals surface area contributed by atoms with E-state index in [1.807, 2.05) is 49.4 Å². The number of carbonyl (C=O) groups is 3. The first-order valence-electron chi connectivity index (χ1n) is 12.5. The number of nitrogens with zero attached hydrogens (tertiary/aromatic N) is 2. The van der Waals surface area contributed by atoms with Crippen LogP contribution in [0.4, 0.5) is 5.69 Å². The molecule has 1 N–H and O–H groups in total. The zero-order valence-corrected chi connectivity index (χ0v) is 21.8. The van der Waals surface area contributed by atoms with Crippen LogP contribution in [0.2, 0.25) is 5.02 Å². The van der Waals surface area contributed by atoms with E-state index >= 15 is 0 Å². The highest BCUT2D eigenvalue weighted by atomic mass is 35.5. The molecular weight excluding hydrogens is 500 g/mol. The number of fused-ring (bicyclic) bond motifs is 2. The van der Waals surface area contributed by atoms with Crippen molar-refractivity contribution >= 4 is 46.8 Å². The van der Waals surface area contributed by atoms with Gasteiger partial charge >= 0.3 is 5.97 Å². The summed E-state index contributed by atoms with van der Waals surface area (Å²) >= 11 is 8.03. The summed E-state index contributed by atoms with van der Waals surface area (Å²) in [5, 5.41) is 9.67. The molecule has 1 aromatic carbocycles. The molecule has 7 nitrogen and oxygen atoms in total. The van der Waals surface area contributed by atoms with Gasteiger partial charge in [0.05, 0.1) is 33.9 Å². The van der Waals surface area contributed by atoms with Crippen LogP contribution in [0, 0.1) is 11.8 Å². The molecule has 9 heteroatoms. The second kappa shape index (κ2) is 9.88. The SMILES string of the molecule is C[C@@]12C=CCCOC(=O)[C@@H]1[C@H]1C(=O)N(CCCCCO)C3C(=O)N(c4ccccc4Cl)CC=C[C@@]31S2. The molecule has 2 fully saturated rings. The minimum Gasteiger partial charge on any atom is -0.465 e. The van der Waals surface area contributed by atoms with Crippen molar-refractivity contribution in [3.8, 4) is 0 Å². The van der Waals surface area contributed by atoms with E-state index in [1.165, 1.54) is 11.8 Å². The van der Waals surface area contributed by atoms with Crippen molar-refractivity contribution in [2.75, 3.05) is 31.2 Å². The number of rotatable bonds is 6. The number of carbonyl (C=O) groups excluding carboxylic acids is 3. The predicted octanol–water partition coefficient (Wildman–Crippen LogP) is 3.60. The van der Waals surface area contributed by atoms with Crippen molar-refractivity contribution in [2.24, 2.45) is 11.8 Å². The summed E-state index contributed by atoms with van der Waals surface area (Å²) < 4.78 is 3.98. The van der Waals surface area contributed by atoms with Crippen molar-refractivity contribution in [3.63, 3.8) is 0 Å². The number of hydrogen-bond acceptors (Lipinski definition) is 6. The van der Waals surface area contributed by atoms with Gasteiger partial charge in [-0.2, -0.15) is 0 Å². The second-order valence-corrected chi connectivity index (χ2v) is 12.2. The smallest absolute Gasteiger partial charge is 0.311 e. The fourth-order valence-corrected chi connectivity index (χ4v) is 8.58. The number of hydrogen-bond donors (Lipinski definition) is 1. The van der Waals surface area contributed by atoms with Crippen LogP contribution in [0.15, 0.2) is 48.6 Å². The molecule has 5 rings (SSSR count). The highest BCUT2D eigenvalue weighted by molar-refractivity contribution is 8.02. The van der Waals surface area contributed by atoms with Crippen LogP contribution in [-0.4, -0.2) is 69.6 Å². The molecule has 4 aliphatic rings. The number of halogens is 1. The zero-order chi connectivity index (χ0) is 25.5. The number of para-hydroxylation sites is 1. The van der Waals surface area contributed by atoms with Crippen LogP contribution in [0.1, 0.15) is 32.6 Å². The van der Waals surface area contributed by atoms with Gasteiger partial charge in [0, 0.05) is 24.4 Å². The minimum absolute atomic E-state index is 0.0837. The summed E-state index contributed by atoms with van der Waals surface area (Å²) in [6.45, 7) is 3.04. The van der Waals surface area contributed by atoms with Crippen molar-refractivity contribution < 1.29 is 24.2 Å². The summed E-state index contributed by atoms with van der Waals surface area (Å²) in [5.41, 5.74) is 0.599. The monoisotopic (exact) mass is 530 g/mol. The van der Waals surface area contributed by atoms with E-state index in [1.54, 1.807) is 15.9 Å². The highest BCUT2D eigenvalue weighted by Gasteiger charge is 2.73. The van der Waals surface area contributed by atoms with Crippen LogP contribution in [0.3, 0.4) is 0 Å². The van der Waals surface area contributed by atoms with E-state index in [4.69, 9.17) is 16.3 Å². The van der Waals surface area contributed by atoms with Crippen molar-refractivity contribution in [1.29, 1.82) is 0 Å². The largest absolute Gasteiger partial charge is 0.465 e. The van der Waals surface area contributed by atoms with Crippen LogP contribution < -0.4 is 4.90 Å². The number of unbranched alkanes of at least 4 members (excludes halogenated alkanes) is 2. The van der Waals surface area contributed by atoms with Crippen LogP contribution in [0.5, 0.6) is 0 Å². The predicted molar refractivity (Wildman–Crippen MR) is 140 cm³/mol. The van der Waals surface area contributed by atoms with Gasteiger partial charge in [-0.3, -0.25) is 14.4 Å². The van der Waals surface area contributed by atoms with Gasteiger partial charge in [-0.15, -0.1) is 11.8 Å². The quantitative estimate of drug-likeness (QED) is 0.343. The summed E-state index contributed by atoms with van der Waals surface area (Å²) in [6.07, 6.45) is 10.6. The molecule has 36 heavy (non-hydrogen) atoms. The van der Waals surface area contributed by atoms with Gasteiger partial charge in [0.2, 0.25) is 5.91 Å². The number of ether oxygens (including phenoxy) is 1. The Morgan fingerprint density at radius 1 is 1.08 bits per heavy atom. The van der Waals surface area contributed by atoms with Crippen LogP contribution in [-0.2, 0) is 19.1 Å². The number of esters is 1. The summed E-state index contributed by atoms with van der Waals surface area (Å²) in [7, 11) is 0. The molecule has 2 saturated heterocycles. The normalized spacial score (nSPS) is 33.5. The van der Waals surface area contributed by atoms with E-state index < -0.39 is 27.4 Å². The number of thioether (sulfide) groups is 1. The molecule has 4 aliphatic heterocycles. The molecule has 0 bridgehead atoms. The first-order chi connectivity index (χ1) is 17.3. The molecule has 5 atom stereocenters.